The predicted octanol–water partition coefficient (Wildman–Crippen LogP) is 0.619. The van der Waals surface area contributed by atoms with Crippen LogP contribution < -0.4 is 10.7 Å². The highest BCUT2D eigenvalue weighted by Gasteiger charge is 2.03. The Bertz CT molecular complexity index is 281. The van der Waals surface area contributed by atoms with Crippen molar-refractivity contribution in [2.24, 2.45) is 0 Å². The Kier molecular flexibility index (Phi) is 3.31. The van der Waals surface area contributed by atoms with Crippen molar-refractivity contribution in [3.05, 3.63) is 12.4 Å². The normalized spacial score (nSPS) is 9.69. The zero-order chi connectivity index (χ0) is 9.68. The highest BCUT2D eigenvalue weighted by Crippen LogP contribution is 2.00. The first kappa shape index (κ1) is 9.57. The fourth-order valence-corrected chi connectivity index (χ4v) is 0.866. The highest BCUT2D eigenvalue weighted by molar-refractivity contribution is 5.86. The maximum Gasteiger partial charge on any atom is 0.230 e. The summed E-state index contributed by atoms with van der Waals surface area (Å²) in [7, 11) is 0. The average molecular weight is 181 g/mol. The van der Waals surface area contributed by atoms with E-state index in [2.05, 4.69) is 15.7 Å². The molecule has 5 nitrogen and oxygen atoms in total. The number of imidazole rings is 1. The summed E-state index contributed by atoms with van der Waals surface area (Å²) in [6.07, 6.45) is 4.28. The fourth-order valence-electron chi connectivity index (χ4n) is 0.866. The van der Waals surface area contributed by atoms with E-state index in [1.54, 1.807) is 17.1 Å². The lowest BCUT2D eigenvalue weighted by atomic mass is 10.5. The van der Waals surface area contributed by atoms with Crippen LogP contribution in [0.2, 0.25) is 0 Å². The van der Waals surface area contributed by atoms with E-state index in [9.17, 15) is 4.79 Å². The van der Waals surface area contributed by atoms with Crippen LogP contribution in [0.5, 0.6) is 0 Å². The number of hydrogen-bond acceptors (Lipinski definition) is 2. The molecule has 1 aromatic rings. The lowest BCUT2D eigenvalue weighted by Crippen LogP contribution is -2.18. The molecule has 0 aromatic carbocycles. The molecule has 1 N–H and O–H groups in total. The Morgan fingerprint density at radius 3 is 3.15 bits per heavy atom. The molecule has 1 amide bonds. The number of hydrogen-bond donors (Lipinski definition) is 1. The summed E-state index contributed by atoms with van der Waals surface area (Å²) in [6.45, 7) is 4.21. The number of carbonyl (C=O) groups is 1. The molecule has 5 heteroatoms. The number of rotatable bonds is 4. The summed E-state index contributed by atoms with van der Waals surface area (Å²) in [5.74, 6) is 0.333. The molecular weight excluding hydrogens is 168 g/mol. The third kappa shape index (κ3) is 2.77. The van der Waals surface area contributed by atoms with Gasteiger partial charge in [-0.25, -0.2) is 15.1 Å². The van der Waals surface area contributed by atoms with Gasteiger partial charge in [-0.1, -0.05) is 6.92 Å². The number of aromatic nitrogens is 2. The van der Waals surface area contributed by atoms with Crippen LogP contribution in [-0.4, -0.2) is 22.1 Å². The number of amides is 1. The quantitative estimate of drug-likeness (QED) is 0.740. The van der Waals surface area contributed by atoms with Gasteiger partial charge in [-0.3, -0.25) is 10.1 Å². The van der Waals surface area contributed by atoms with Gasteiger partial charge in [0.1, 0.15) is 0 Å². The molecular formula is C8H13N4O. The third-order valence-electron chi connectivity index (χ3n) is 1.39. The molecule has 0 spiro atoms. The molecule has 0 atom stereocenters. The average Bonchev–Trinajstić information content (AvgIpc) is 2.48. The van der Waals surface area contributed by atoms with Crippen LogP contribution in [0.4, 0.5) is 5.95 Å². The molecule has 0 aliphatic carbocycles. The summed E-state index contributed by atoms with van der Waals surface area (Å²) in [4.78, 5) is 14.7. The van der Waals surface area contributed by atoms with Gasteiger partial charge in [-0.05, 0) is 6.42 Å². The van der Waals surface area contributed by atoms with Crippen LogP contribution in [0.25, 0.3) is 0 Å². The second kappa shape index (κ2) is 4.49. The van der Waals surface area contributed by atoms with Crippen molar-refractivity contribution in [2.75, 3.05) is 11.9 Å². The second-order valence-electron chi connectivity index (χ2n) is 2.64. The van der Waals surface area contributed by atoms with Crippen molar-refractivity contribution >= 4 is 11.9 Å². The smallest absolute Gasteiger partial charge is 0.230 e. The minimum Gasteiger partial charge on any atom is -0.295 e. The number of nitrogens with one attached hydrogen (secondary N) is 1. The van der Waals surface area contributed by atoms with Gasteiger partial charge in [0.15, 0.2) is 0 Å². The zero-order valence-electron chi connectivity index (χ0n) is 7.82. The Morgan fingerprint density at radius 2 is 2.54 bits per heavy atom. The summed E-state index contributed by atoms with van der Waals surface area (Å²) in [5, 5.41) is 2.58. The van der Waals surface area contributed by atoms with Gasteiger partial charge in [0.25, 0.3) is 0 Å². The van der Waals surface area contributed by atoms with Crippen LogP contribution in [0.1, 0.15) is 20.3 Å². The summed E-state index contributed by atoms with van der Waals surface area (Å²) in [6, 6.07) is 0. The van der Waals surface area contributed by atoms with Crippen molar-refractivity contribution in [1.29, 1.82) is 0 Å². The van der Waals surface area contributed by atoms with Crippen molar-refractivity contribution in [3.63, 3.8) is 0 Å². The summed E-state index contributed by atoms with van der Waals surface area (Å²) in [5.41, 5.74) is 4.18. The SMILES string of the molecule is CCC[N]n1ccnc1NC(C)=O. The molecule has 1 heterocycles. The largest absolute Gasteiger partial charge is 0.295 e. The van der Waals surface area contributed by atoms with Crippen LogP contribution >= 0.6 is 0 Å². The van der Waals surface area contributed by atoms with E-state index in [0.717, 1.165) is 13.0 Å². The maximum absolute atomic E-state index is 10.7. The molecule has 1 aromatic heterocycles. The van der Waals surface area contributed by atoms with E-state index < -0.39 is 0 Å². The predicted molar refractivity (Wildman–Crippen MR) is 49.2 cm³/mol. The Morgan fingerprint density at radius 1 is 1.77 bits per heavy atom. The Hall–Kier alpha value is -1.52. The minimum absolute atomic E-state index is 0.140. The van der Waals surface area contributed by atoms with Crippen LogP contribution in [0, 0.1) is 0 Å². The number of carbonyl (C=O) groups excluding carboxylic acids is 1. The molecule has 13 heavy (non-hydrogen) atoms. The van der Waals surface area contributed by atoms with Crippen molar-refractivity contribution in [1.82, 2.24) is 15.1 Å². The maximum atomic E-state index is 10.7. The van der Waals surface area contributed by atoms with Crippen LogP contribution in [0.3, 0.4) is 0 Å². The summed E-state index contributed by atoms with van der Waals surface area (Å²) >= 11 is 0. The minimum atomic E-state index is -0.140. The van der Waals surface area contributed by atoms with E-state index in [-0.39, 0.29) is 5.91 Å². The Labute approximate surface area is 77.1 Å². The highest BCUT2D eigenvalue weighted by atomic mass is 16.1. The van der Waals surface area contributed by atoms with Crippen LogP contribution in [-0.2, 0) is 4.79 Å². The molecule has 1 rings (SSSR count). The lowest BCUT2D eigenvalue weighted by molar-refractivity contribution is -0.114. The molecule has 0 aliphatic heterocycles. The first-order valence-electron chi connectivity index (χ1n) is 4.22. The summed E-state index contributed by atoms with van der Waals surface area (Å²) < 4.78 is 1.57. The standard InChI is InChI=1S/C8H13N4O/c1-3-4-10-12-6-5-9-8(12)11-7(2)13/h5-6H,3-4H2,1-2H3,(H,9,11,13). The van der Waals surface area contributed by atoms with Crippen molar-refractivity contribution in [2.45, 2.75) is 20.3 Å². The first-order valence-corrected chi connectivity index (χ1v) is 4.22. The van der Waals surface area contributed by atoms with E-state index in [1.165, 1.54) is 6.92 Å². The van der Waals surface area contributed by atoms with E-state index in [0.29, 0.717) is 5.95 Å². The Balaban J connectivity index is 2.60. The van der Waals surface area contributed by atoms with Gasteiger partial charge >= 0.3 is 0 Å². The molecule has 0 saturated carbocycles. The van der Waals surface area contributed by atoms with Gasteiger partial charge < -0.3 is 0 Å². The van der Waals surface area contributed by atoms with E-state index in [4.69, 9.17) is 0 Å². The van der Waals surface area contributed by atoms with Crippen LogP contribution in [0.15, 0.2) is 12.4 Å². The van der Waals surface area contributed by atoms with Gasteiger partial charge in [0, 0.05) is 13.1 Å². The number of nitrogens with zero attached hydrogens (tertiary/aromatic N) is 3. The van der Waals surface area contributed by atoms with Gasteiger partial charge in [0.2, 0.25) is 11.9 Å². The fraction of sp³-hybridized carbons (Fsp3) is 0.500. The molecule has 0 fully saturated rings. The first-order chi connectivity index (χ1) is 6.24. The lowest BCUT2D eigenvalue weighted by Gasteiger charge is -2.05. The van der Waals surface area contributed by atoms with E-state index >= 15 is 0 Å². The van der Waals surface area contributed by atoms with Gasteiger partial charge in [-0.15, -0.1) is 0 Å². The molecule has 71 valence electrons. The zero-order valence-corrected chi connectivity index (χ0v) is 7.82. The molecule has 0 saturated heterocycles. The molecule has 1 radical (unpaired) electrons. The van der Waals surface area contributed by atoms with Gasteiger partial charge in [0.05, 0.1) is 12.7 Å². The van der Waals surface area contributed by atoms with Gasteiger partial charge in [-0.2, -0.15) is 0 Å². The number of anilines is 1. The van der Waals surface area contributed by atoms with Crippen molar-refractivity contribution < 1.29 is 4.79 Å². The monoisotopic (exact) mass is 181 g/mol. The third-order valence-corrected chi connectivity index (χ3v) is 1.39. The topological polar surface area (TPSA) is 61.0 Å². The van der Waals surface area contributed by atoms with Crippen molar-refractivity contribution in [3.8, 4) is 0 Å². The molecule has 0 unspecified atom stereocenters. The molecule has 0 aliphatic rings. The second-order valence-corrected chi connectivity index (χ2v) is 2.64. The molecule has 0 bridgehead atoms. The van der Waals surface area contributed by atoms with E-state index in [1.807, 2.05) is 6.92 Å².